The topological polar surface area (TPSA) is 0 Å². The second kappa shape index (κ2) is 9.96. The molecule has 0 aliphatic heterocycles. The van der Waals surface area contributed by atoms with Gasteiger partial charge in [0.25, 0.3) is 0 Å². The summed E-state index contributed by atoms with van der Waals surface area (Å²) in [5, 5.41) is 2.75. The lowest BCUT2D eigenvalue weighted by Gasteiger charge is -2.21. The van der Waals surface area contributed by atoms with Crippen LogP contribution in [-0.2, 0) is 12.8 Å². The number of benzene rings is 5. The first kappa shape index (κ1) is 24.6. The Hall–Kier alpha value is -4.42. The quantitative estimate of drug-likeness (QED) is 0.217. The van der Waals surface area contributed by atoms with Crippen LogP contribution in [0.5, 0.6) is 0 Å². The zero-order chi connectivity index (χ0) is 27.2. The number of rotatable bonds is 5. The molecule has 0 heteroatoms. The Morgan fingerprint density at radius 1 is 0.675 bits per heavy atom. The molecule has 0 spiro atoms. The molecule has 0 heterocycles. The average molecular weight is 515 g/mol. The Bertz CT molecular complexity index is 1860. The van der Waals surface area contributed by atoms with Gasteiger partial charge in [0.05, 0.1) is 0 Å². The third-order valence-corrected chi connectivity index (χ3v) is 8.74. The summed E-state index contributed by atoms with van der Waals surface area (Å²) in [5.74, 6) is 0.238. The van der Waals surface area contributed by atoms with Crippen LogP contribution in [0.3, 0.4) is 0 Å². The van der Waals surface area contributed by atoms with Gasteiger partial charge >= 0.3 is 0 Å². The molecule has 0 nitrogen and oxygen atoms in total. The van der Waals surface area contributed by atoms with Gasteiger partial charge < -0.3 is 0 Å². The molecule has 0 bridgehead atoms. The minimum atomic E-state index is 0.238. The fraction of sp³-hybridized carbons (Fsp3) is 0.150. The maximum atomic E-state index is 2.50. The summed E-state index contributed by atoms with van der Waals surface area (Å²) in [5.41, 5.74) is 16.3. The number of hydrogen-bond donors (Lipinski definition) is 0. The van der Waals surface area contributed by atoms with E-state index in [4.69, 9.17) is 0 Å². The molecule has 2 aliphatic rings. The second-order valence-electron chi connectivity index (χ2n) is 11.1. The molecule has 40 heavy (non-hydrogen) atoms. The van der Waals surface area contributed by atoms with E-state index < -0.39 is 0 Å². The minimum Gasteiger partial charge on any atom is -0.0720 e. The highest BCUT2D eigenvalue weighted by atomic mass is 14.3. The summed E-state index contributed by atoms with van der Waals surface area (Å²) in [6.07, 6.45) is 9.25. The number of fused-ring (bicyclic) bond motifs is 4. The molecule has 0 aromatic heterocycles. The van der Waals surface area contributed by atoms with Crippen LogP contribution in [-0.4, -0.2) is 0 Å². The Morgan fingerprint density at radius 2 is 1.40 bits per heavy atom. The van der Waals surface area contributed by atoms with Crippen molar-refractivity contribution >= 4 is 17.7 Å². The molecule has 0 saturated heterocycles. The lowest BCUT2D eigenvalue weighted by atomic mass is 9.82. The van der Waals surface area contributed by atoms with Gasteiger partial charge in [-0.3, -0.25) is 0 Å². The summed E-state index contributed by atoms with van der Waals surface area (Å²) in [6, 6.07) is 38.4. The monoisotopic (exact) mass is 514 g/mol. The van der Waals surface area contributed by atoms with Gasteiger partial charge in [0, 0.05) is 5.92 Å². The normalized spacial score (nSPS) is 14.4. The molecule has 194 valence electrons. The molecular formula is C40H34. The number of allylic oxidation sites excluding steroid dienone is 1. The van der Waals surface area contributed by atoms with E-state index in [1.165, 1.54) is 77.2 Å². The van der Waals surface area contributed by atoms with Crippen molar-refractivity contribution in [3.8, 4) is 11.1 Å². The molecule has 0 fully saturated rings. The molecule has 1 unspecified atom stereocenters. The molecule has 5 aromatic carbocycles. The summed E-state index contributed by atoms with van der Waals surface area (Å²) in [4.78, 5) is 0. The van der Waals surface area contributed by atoms with E-state index in [1.54, 1.807) is 0 Å². The highest BCUT2D eigenvalue weighted by Gasteiger charge is 2.27. The van der Waals surface area contributed by atoms with Gasteiger partial charge in [-0.1, -0.05) is 129 Å². The van der Waals surface area contributed by atoms with Crippen molar-refractivity contribution < 1.29 is 0 Å². The lowest BCUT2D eigenvalue weighted by molar-refractivity contribution is 0.966. The predicted molar refractivity (Wildman–Crippen MR) is 170 cm³/mol. The first-order valence-electron chi connectivity index (χ1n) is 14.6. The van der Waals surface area contributed by atoms with Crippen molar-refractivity contribution in [2.24, 2.45) is 0 Å². The first-order chi connectivity index (χ1) is 19.7. The Morgan fingerprint density at radius 3 is 2.08 bits per heavy atom. The molecule has 0 saturated carbocycles. The third kappa shape index (κ3) is 3.98. The fourth-order valence-electron chi connectivity index (χ4n) is 6.81. The third-order valence-electron chi connectivity index (χ3n) is 8.74. The van der Waals surface area contributed by atoms with E-state index in [2.05, 4.69) is 142 Å². The average Bonchev–Trinajstić information content (AvgIpc) is 3.58. The van der Waals surface area contributed by atoms with Gasteiger partial charge in [0.15, 0.2) is 0 Å². The summed E-state index contributed by atoms with van der Waals surface area (Å²) >= 11 is 0. The Balaban J connectivity index is 1.65. The zero-order valence-electron chi connectivity index (χ0n) is 23.5. The van der Waals surface area contributed by atoms with Gasteiger partial charge in [-0.25, -0.2) is 0 Å². The van der Waals surface area contributed by atoms with Crippen molar-refractivity contribution in [3.05, 3.63) is 170 Å². The predicted octanol–water partition coefficient (Wildman–Crippen LogP) is 8.34. The molecule has 0 radical (unpaired) electrons. The number of aryl methyl sites for hydroxylation is 2. The maximum absolute atomic E-state index is 2.50. The summed E-state index contributed by atoms with van der Waals surface area (Å²) in [7, 11) is 0. The van der Waals surface area contributed by atoms with E-state index in [0.29, 0.717) is 0 Å². The van der Waals surface area contributed by atoms with Crippen molar-refractivity contribution in [2.75, 3.05) is 0 Å². The number of hydrogen-bond acceptors (Lipinski definition) is 0. The van der Waals surface area contributed by atoms with Crippen LogP contribution < -0.4 is 10.4 Å². The molecule has 0 amide bonds. The summed E-state index contributed by atoms with van der Waals surface area (Å²) in [6.45, 7) is 6.78. The van der Waals surface area contributed by atoms with Gasteiger partial charge in [-0.15, -0.1) is 0 Å². The van der Waals surface area contributed by atoms with E-state index in [0.717, 1.165) is 12.8 Å². The van der Waals surface area contributed by atoms with Crippen LogP contribution in [0.1, 0.15) is 69.8 Å². The second-order valence-corrected chi connectivity index (χ2v) is 11.1. The van der Waals surface area contributed by atoms with Gasteiger partial charge in [-0.2, -0.15) is 0 Å². The van der Waals surface area contributed by atoms with Crippen molar-refractivity contribution in [1.82, 2.24) is 0 Å². The zero-order valence-corrected chi connectivity index (χ0v) is 23.5. The lowest BCUT2D eigenvalue weighted by Crippen LogP contribution is -2.27. The molecule has 5 aromatic rings. The van der Waals surface area contributed by atoms with Crippen LogP contribution >= 0.6 is 0 Å². The van der Waals surface area contributed by atoms with Crippen LogP contribution in [0.25, 0.3) is 28.9 Å². The minimum absolute atomic E-state index is 0.238. The first-order valence-corrected chi connectivity index (χ1v) is 14.6. The van der Waals surface area contributed by atoms with Gasteiger partial charge in [0.1, 0.15) is 0 Å². The molecule has 2 aliphatic carbocycles. The molecular weight excluding hydrogens is 480 g/mol. The maximum Gasteiger partial charge on any atom is 0.0287 e. The summed E-state index contributed by atoms with van der Waals surface area (Å²) < 4.78 is 0. The SMILES string of the molecule is CCc1ccc2c(c1)C=c1c-2cc(=C(c2ccccc2)c2ccccc2)c(CC)c1C1C=Cc2ccc(C)cc21. The van der Waals surface area contributed by atoms with Gasteiger partial charge in [-0.05, 0) is 104 Å². The largest absolute Gasteiger partial charge is 0.0720 e. The standard InChI is InChI=1S/C40H34/c1-4-27-17-20-33-31(23-27)24-37-36(33)25-38(39(29-12-8-6-9-13-29)30-14-10-7-11-15-30)32(5-2)40(37)34-21-19-28-18-16-26(3)22-35(28)34/h6-25,34H,4-5H2,1-3H3. The smallest absolute Gasteiger partial charge is 0.0287 e. The van der Waals surface area contributed by atoms with E-state index >= 15 is 0 Å². The van der Waals surface area contributed by atoms with Crippen molar-refractivity contribution in [3.63, 3.8) is 0 Å². The van der Waals surface area contributed by atoms with Crippen LogP contribution in [0.2, 0.25) is 0 Å². The molecule has 1 atom stereocenters. The molecule has 0 N–H and O–H groups in total. The molecule has 7 rings (SSSR count). The highest BCUT2D eigenvalue weighted by molar-refractivity contribution is 5.88. The Labute approximate surface area is 237 Å². The van der Waals surface area contributed by atoms with Crippen LogP contribution in [0.15, 0.2) is 109 Å². The Kier molecular flexibility index (Phi) is 6.13. The van der Waals surface area contributed by atoms with Crippen molar-refractivity contribution in [1.29, 1.82) is 0 Å². The van der Waals surface area contributed by atoms with Crippen LogP contribution in [0, 0.1) is 6.92 Å². The van der Waals surface area contributed by atoms with Crippen LogP contribution in [0.4, 0.5) is 0 Å². The highest BCUT2D eigenvalue weighted by Crippen LogP contribution is 2.38. The fourth-order valence-corrected chi connectivity index (χ4v) is 6.81. The van der Waals surface area contributed by atoms with E-state index in [-0.39, 0.29) is 5.92 Å². The van der Waals surface area contributed by atoms with Gasteiger partial charge in [0.2, 0.25) is 0 Å². The van der Waals surface area contributed by atoms with E-state index in [1.807, 2.05) is 0 Å². The van der Waals surface area contributed by atoms with Crippen molar-refractivity contribution in [2.45, 2.75) is 39.5 Å². The van der Waals surface area contributed by atoms with E-state index in [9.17, 15) is 0 Å².